The highest BCUT2D eigenvalue weighted by Gasteiger charge is 2.10. The van der Waals surface area contributed by atoms with Crippen molar-refractivity contribution >= 4 is 28.5 Å². The highest BCUT2D eigenvalue weighted by atomic mass is 35.5. The predicted molar refractivity (Wildman–Crippen MR) is 118 cm³/mol. The first kappa shape index (κ1) is 19.8. The second-order valence-electron chi connectivity index (χ2n) is 6.56. The molecule has 0 atom stereocenters. The maximum atomic E-state index is 6.03. The number of pyridine rings is 1. The lowest BCUT2D eigenvalue weighted by atomic mass is 10.1. The van der Waals surface area contributed by atoms with Gasteiger partial charge in [-0.2, -0.15) is 4.98 Å². The van der Waals surface area contributed by atoms with Crippen LogP contribution in [0.5, 0.6) is 0 Å². The molecular formula is C22H21ClN6O. The van der Waals surface area contributed by atoms with Gasteiger partial charge in [0.15, 0.2) is 5.96 Å². The topological polar surface area (TPSA) is 88.2 Å². The standard InChI is InChI=1S/C22H21ClN6O/c1-2-24-22(26-13-16-10-11-25-19-9-4-3-8-18(16)19)27-14-20-28-21(29-30-20)15-6-5-7-17(23)12-15/h3-12H,2,13-14H2,1H3,(H2,24,26,27). The summed E-state index contributed by atoms with van der Waals surface area (Å²) in [5, 5.41) is 12.2. The van der Waals surface area contributed by atoms with Crippen LogP contribution in [-0.4, -0.2) is 27.6 Å². The Balaban J connectivity index is 1.45. The van der Waals surface area contributed by atoms with Gasteiger partial charge in [0.25, 0.3) is 0 Å². The average Bonchev–Trinajstić information content (AvgIpc) is 3.25. The zero-order valence-electron chi connectivity index (χ0n) is 16.5. The Morgan fingerprint density at radius 1 is 1.10 bits per heavy atom. The van der Waals surface area contributed by atoms with E-state index in [1.165, 1.54) is 0 Å². The van der Waals surface area contributed by atoms with Gasteiger partial charge in [-0.1, -0.05) is 47.1 Å². The molecule has 8 heteroatoms. The number of hydrogen-bond donors (Lipinski definition) is 2. The molecule has 2 N–H and O–H groups in total. The number of rotatable bonds is 6. The zero-order chi connectivity index (χ0) is 20.8. The molecule has 0 saturated carbocycles. The summed E-state index contributed by atoms with van der Waals surface area (Å²) in [6.07, 6.45) is 1.81. The van der Waals surface area contributed by atoms with E-state index in [0.29, 0.717) is 35.8 Å². The van der Waals surface area contributed by atoms with E-state index < -0.39 is 0 Å². The minimum atomic E-state index is 0.358. The van der Waals surface area contributed by atoms with E-state index in [4.69, 9.17) is 16.1 Å². The van der Waals surface area contributed by atoms with Gasteiger partial charge >= 0.3 is 0 Å². The van der Waals surface area contributed by atoms with E-state index in [9.17, 15) is 0 Å². The molecule has 0 bridgehead atoms. The Kier molecular flexibility index (Phi) is 6.20. The summed E-state index contributed by atoms with van der Waals surface area (Å²) in [7, 11) is 0. The van der Waals surface area contributed by atoms with Crippen molar-refractivity contribution in [1.82, 2.24) is 25.8 Å². The van der Waals surface area contributed by atoms with Crippen LogP contribution in [0.15, 0.2) is 70.3 Å². The number of fused-ring (bicyclic) bond motifs is 1. The monoisotopic (exact) mass is 420 g/mol. The fourth-order valence-corrected chi connectivity index (χ4v) is 3.22. The molecule has 0 saturated heterocycles. The number of halogens is 1. The lowest BCUT2D eigenvalue weighted by molar-refractivity contribution is 0.375. The summed E-state index contributed by atoms with van der Waals surface area (Å²) in [4.78, 5) is 13.5. The number of aromatic nitrogens is 3. The van der Waals surface area contributed by atoms with Crippen LogP contribution in [0.3, 0.4) is 0 Å². The molecule has 0 unspecified atom stereocenters. The van der Waals surface area contributed by atoms with Gasteiger partial charge in [0.05, 0.1) is 18.6 Å². The van der Waals surface area contributed by atoms with Crippen LogP contribution in [0.4, 0.5) is 0 Å². The summed E-state index contributed by atoms with van der Waals surface area (Å²) in [5.74, 6) is 1.63. The van der Waals surface area contributed by atoms with Crippen LogP contribution < -0.4 is 10.6 Å². The minimum absolute atomic E-state index is 0.358. The molecule has 4 rings (SSSR count). The van der Waals surface area contributed by atoms with Gasteiger partial charge in [-0.05, 0) is 36.8 Å². The van der Waals surface area contributed by atoms with E-state index >= 15 is 0 Å². The molecule has 0 amide bonds. The Hall–Kier alpha value is -3.45. The Morgan fingerprint density at radius 2 is 2.00 bits per heavy atom. The van der Waals surface area contributed by atoms with Crippen LogP contribution in [0.1, 0.15) is 18.4 Å². The first-order valence-electron chi connectivity index (χ1n) is 9.66. The van der Waals surface area contributed by atoms with Crippen LogP contribution in [0, 0.1) is 0 Å². The van der Waals surface area contributed by atoms with Crippen LogP contribution in [-0.2, 0) is 13.1 Å². The highest BCUT2D eigenvalue weighted by molar-refractivity contribution is 6.30. The first-order chi connectivity index (χ1) is 14.7. The number of guanidine groups is 1. The normalized spacial score (nSPS) is 11.6. The van der Waals surface area contributed by atoms with Crippen molar-refractivity contribution in [3.63, 3.8) is 0 Å². The van der Waals surface area contributed by atoms with Crippen LogP contribution in [0.25, 0.3) is 22.3 Å². The second kappa shape index (κ2) is 9.37. The quantitative estimate of drug-likeness (QED) is 0.359. The first-order valence-corrected chi connectivity index (χ1v) is 10.0. The van der Waals surface area contributed by atoms with Crippen molar-refractivity contribution in [3.05, 3.63) is 77.3 Å². The van der Waals surface area contributed by atoms with Gasteiger partial charge < -0.3 is 15.2 Å². The van der Waals surface area contributed by atoms with Crippen molar-refractivity contribution in [2.75, 3.05) is 6.54 Å². The molecule has 0 aliphatic carbocycles. The zero-order valence-corrected chi connectivity index (χ0v) is 17.2. The number of nitrogens with one attached hydrogen (secondary N) is 2. The summed E-state index contributed by atoms with van der Waals surface area (Å²) in [5.41, 5.74) is 2.88. The largest absolute Gasteiger partial charge is 0.357 e. The minimum Gasteiger partial charge on any atom is -0.357 e. The third-order valence-electron chi connectivity index (χ3n) is 4.45. The van der Waals surface area contributed by atoms with Crippen LogP contribution >= 0.6 is 11.6 Å². The van der Waals surface area contributed by atoms with Crippen molar-refractivity contribution < 1.29 is 4.52 Å². The molecule has 0 radical (unpaired) electrons. The molecule has 0 aliphatic rings. The summed E-state index contributed by atoms with van der Waals surface area (Å²) in [6, 6.07) is 17.4. The van der Waals surface area contributed by atoms with Crippen molar-refractivity contribution in [1.29, 1.82) is 0 Å². The lowest BCUT2D eigenvalue weighted by Gasteiger charge is -2.10. The molecule has 2 aromatic heterocycles. The summed E-state index contributed by atoms with van der Waals surface area (Å²) in [6.45, 7) is 3.63. The summed E-state index contributed by atoms with van der Waals surface area (Å²) >= 11 is 6.03. The lowest BCUT2D eigenvalue weighted by Crippen LogP contribution is -2.36. The number of aliphatic imine (C=N–C) groups is 1. The molecule has 4 aromatic rings. The Labute approximate surface area is 179 Å². The number of nitrogens with zero attached hydrogens (tertiary/aromatic N) is 4. The van der Waals surface area contributed by atoms with Crippen molar-refractivity contribution in [2.24, 2.45) is 4.99 Å². The molecule has 2 heterocycles. The molecule has 152 valence electrons. The van der Waals surface area contributed by atoms with Crippen molar-refractivity contribution in [2.45, 2.75) is 20.0 Å². The van der Waals surface area contributed by atoms with Gasteiger partial charge in [-0.25, -0.2) is 4.99 Å². The second-order valence-corrected chi connectivity index (χ2v) is 6.99. The van der Waals surface area contributed by atoms with Gasteiger partial charge in [-0.15, -0.1) is 0 Å². The fraction of sp³-hybridized carbons (Fsp3) is 0.182. The summed E-state index contributed by atoms with van der Waals surface area (Å²) < 4.78 is 5.35. The van der Waals surface area contributed by atoms with E-state index in [1.807, 2.05) is 49.5 Å². The Bertz CT molecular complexity index is 1170. The third-order valence-corrected chi connectivity index (χ3v) is 4.68. The fourth-order valence-electron chi connectivity index (χ4n) is 3.03. The van der Waals surface area contributed by atoms with E-state index in [-0.39, 0.29) is 0 Å². The molecule has 0 aliphatic heterocycles. The maximum absolute atomic E-state index is 6.03. The third kappa shape index (κ3) is 4.75. The van der Waals surface area contributed by atoms with Gasteiger partial charge in [0.1, 0.15) is 0 Å². The molecule has 0 fully saturated rings. The molecule has 2 aromatic carbocycles. The van der Waals surface area contributed by atoms with E-state index in [2.05, 4.69) is 36.8 Å². The van der Waals surface area contributed by atoms with Crippen molar-refractivity contribution in [3.8, 4) is 11.4 Å². The number of para-hydroxylation sites is 1. The molecule has 0 spiro atoms. The van der Waals surface area contributed by atoms with E-state index in [1.54, 1.807) is 12.1 Å². The predicted octanol–water partition coefficient (Wildman–Crippen LogP) is 4.19. The van der Waals surface area contributed by atoms with E-state index in [0.717, 1.165) is 28.6 Å². The Morgan fingerprint density at radius 3 is 2.87 bits per heavy atom. The molecular weight excluding hydrogens is 400 g/mol. The number of hydrogen-bond acceptors (Lipinski definition) is 5. The maximum Gasteiger partial charge on any atom is 0.246 e. The van der Waals surface area contributed by atoms with Crippen LogP contribution in [0.2, 0.25) is 5.02 Å². The highest BCUT2D eigenvalue weighted by Crippen LogP contribution is 2.20. The average molecular weight is 421 g/mol. The molecule has 30 heavy (non-hydrogen) atoms. The van der Waals surface area contributed by atoms with Gasteiger partial charge in [0, 0.05) is 28.7 Å². The van der Waals surface area contributed by atoms with Gasteiger partial charge in [-0.3, -0.25) is 4.98 Å². The molecule has 7 nitrogen and oxygen atoms in total. The van der Waals surface area contributed by atoms with Gasteiger partial charge in [0.2, 0.25) is 11.7 Å². The smallest absolute Gasteiger partial charge is 0.246 e. The number of benzene rings is 2. The SMILES string of the molecule is CCNC(=NCc1ccnc2ccccc12)NCc1nc(-c2cccc(Cl)c2)no1.